The summed E-state index contributed by atoms with van der Waals surface area (Å²) in [5.74, 6) is -0.220. The van der Waals surface area contributed by atoms with E-state index in [2.05, 4.69) is 0 Å². The van der Waals surface area contributed by atoms with Crippen LogP contribution in [0.4, 0.5) is 0 Å². The van der Waals surface area contributed by atoms with Gasteiger partial charge in [-0.1, -0.05) is 12.8 Å². The largest absolute Gasteiger partial charge is 0.459 e. The van der Waals surface area contributed by atoms with E-state index in [1.165, 1.54) is 0 Å². The molecule has 1 aliphatic carbocycles. The van der Waals surface area contributed by atoms with E-state index in [0.717, 1.165) is 25.7 Å². The zero-order valence-corrected chi connectivity index (χ0v) is 12.3. The van der Waals surface area contributed by atoms with E-state index in [4.69, 9.17) is 4.74 Å². The highest BCUT2D eigenvalue weighted by atomic mass is 16.6. The molecule has 0 heterocycles. The van der Waals surface area contributed by atoms with Crippen molar-refractivity contribution in [1.29, 1.82) is 0 Å². The summed E-state index contributed by atoms with van der Waals surface area (Å²) in [6.07, 6.45) is 3.65. The number of aliphatic hydroxyl groups excluding tert-OH is 1. The zero-order chi connectivity index (χ0) is 13.9. The molecule has 4 heteroatoms. The smallest absolute Gasteiger partial charge is 0.323 e. The van der Waals surface area contributed by atoms with Gasteiger partial charge in [-0.15, -0.1) is 0 Å². The molecule has 0 spiro atoms. The molecule has 0 bridgehead atoms. The summed E-state index contributed by atoms with van der Waals surface area (Å²) in [6.45, 7) is 7.45. The Hall–Kier alpha value is -0.610. The molecule has 3 atom stereocenters. The minimum absolute atomic E-state index is 0.0706. The molecule has 1 aliphatic rings. The third-order valence-electron chi connectivity index (χ3n) is 3.58. The van der Waals surface area contributed by atoms with Gasteiger partial charge in [0.25, 0.3) is 0 Å². The van der Waals surface area contributed by atoms with Gasteiger partial charge in [0, 0.05) is 6.04 Å². The molecule has 1 N–H and O–H groups in total. The maximum absolute atomic E-state index is 12.0. The normalized spacial score (nSPS) is 27.1. The standard InChI is InChI=1S/C14H27NO3/c1-10(13(17)18-14(2,3)4)15(5)11-8-6-7-9-12(11)16/h10-12,16H,6-9H2,1-5H3. The van der Waals surface area contributed by atoms with Crippen LogP contribution in [0.1, 0.15) is 53.4 Å². The quantitative estimate of drug-likeness (QED) is 0.785. The van der Waals surface area contributed by atoms with E-state index in [1.807, 2.05) is 39.6 Å². The van der Waals surface area contributed by atoms with E-state index in [9.17, 15) is 9.90 Å². The van der Waals surface area contributed by atoms with Crippen molar-refractivity contribution in [3.8, 4) is 0 Å². The number of nitrogens with zero attached hydrogens (tertiary/aromatic N) is 1. The number of aliphatic hydroxyl groups is 1. The topological polar surface area (TPSA) is 49.8 Å². The third kappa shape index (κ3) is 4.25. The van der Waals surface area contributed by atoms with Gasteiger partial charge in [-0.05, 0) is 47.6 Å². The Morgan fingerprint density at radius 3 is 2.39 bits per heavy atom. The second-order valence-electron chi connectivity index (χ2n) is 6.29. The van der Waals surface area contributed by atoms with Crippen molar-refractivity contribution in [3.05, 3.63) is 0 Å². The maximum atomic E-state index is 12.0. The predicted molar refractivity (Wildman–Crippen MR) is 71.3 cm³/mol. The van der Waals surface area contributed by atoms with Crippen molar-refractivity contribution in [1.82, 2.24) is 4.90 Å². The van der Waals surface area contributed by atoms with Gasteiger partial charge < -0.3 is 9.84 Å². The van der Waals surface area contributed by atoms with Crippen molar-refractivity contribution in [2.45, 2.75) is 77.2 Å². The fourth-order valence-corrected chi connectivity index (χ4v) is 2.41. The summed E-state index contributed by atoms with van der Waals surface area (Å²) >= 11 is 0. The second kappa shape index (κ2) is 6.02. The van der Waals surface area contributed by atoms with E-state index >= 15 is 0 Å². The van der Waals surface area contributed by atoms with Gasteiger partial charge in [0.05, 0.1) is 6.10 Å². The van der Waals surface area contributed by atoms with Gasteiger partial charge in [0.15, 0.2) is 0 Å². The van der Waals surface area contributed by atoms with Crippen LogP contribution in [0.25, 0.3) is 0 Å². The van der Waals surface area contributed by atoms with Gasteiger partial charge in [-0.2, -0.15) is 0 Å². The average Bonchev–Trinajstić information content (AvgIpc) is 2.25. The van der Waals surface area contributed by atoms with Crippen LogP contribution in [0.2, 0.25) is 0 Å². The molecule has 0 radical (unpaired) electrons. The minimum Gasteiger partial charge on any atom is -0.459 e. The molecular weight excluding hydrogens is 230 g/mol. The lowest BCUT2D eigenvalue weighted by atomic mass is 9.91. The first-order valence-electron chi connectivity index (χ1n) is 6.85. The molecule has 1 fully saturated rings. The Kier molecular flexibility index (Phi) is 5.17. The van der Waals surface area contributed by atoms with Crippen LogP contribution < -0.4 is 0 Å². The molecule has 0 aromatic rings. The molecule has 0 aliphatic heterocycles. The van der Waals surface area contributed by atoms with Crippen molar-refractivity contribution in [2.75, 3.05) is 7.05 Å². The molecule has 0 aromatic heterocycles. The van der Waals surface area contributed by atoms with Crippen LogP contribution in [0.15, 0.2) is 0 Å². The Labute approximate surface area is 110 Å². The summed E-state index contributed by atoms with van der Waals surface area (Å²) in [4.78, 5) is 14.0. The fourth-order valence-electron chi connectivity index (χ4n) is 2.41. The molecule has 1 rings (SSSR count). The highest BCUT2D eigenvalue weighted by Crippen LogP contribution is 2.24. The highest BCUT2D eigenvalue weighted by Gasteiger charge is 2.33. The molecule has 18 heavy (non-hydrogen) atoms. The van der Waals surface area contributed by atoms with Crippen LogP contribution in [-0.4, -0.2) is 46.8 Å². The minimum atomic E-state index is -0.461. The fraction of sp³-hybridized carbons (Fsp3) is 0.929. The number of likely N-dealkylation sites (N-methyl/N-ethyl adjacent to an activating group) is 1. The van der Waals surface area contributed by atoms with E-state index in [-0.39, 0.29) is 24.2 Å². The summed E-state index contributed by atoms with van der Waals surface area (Å²) in [7, 11) is 1.90. The first kappa shape index (κ1) is 15.4. The van der Waals surface area contributed by atoms with E-state index in [1.54, 1.807) is 0 Å². The Bertz CT molecular complexity index is 285. The number of carbonyl (C=O) groups excluding carboxylic acids is 1. The highest BCUT2D eigenvalue weighted by molar-refractivity contribution is 5.75. The molecule has 1 saturated carbocycles. The van der Waals surface area contributed by atoms with Crippen molar-refractivity contribution >= 4 is 5.97 Å². The number of carbonyl (C=O) groups is 1. The number of esters is 1. The monoisotopic (exact) mass is 257 g/mol. The van der Waals surface area contributed by atoms with Gasteiger partial charge >= 0.3 is 5.97 Å². The molecule has 0 amide bonds. The number of ether oxygens (including phenoxy) is 1. The van der Waals surface area contributed by atoms with Gasteiger partial charge in [-0.3, -0.25) is 9.69 Å². The molecule has 0 aromatic carbocycles. The Balaban J connectivity index is 2.59. The molecule has 3 unspecified atom stereocenters. The van der Waals surface area contributed by atoms with Crippen molar-refractivity contribution in [2.24, 2.45) is 0 Å². The molecule has 106 valence electrons. The van der Waals surface area contributed by atoms with Crippen LogP contribution in [0.3, 0.4) is 0 Å². The van der Waals surface area contributed by atoms with Crippen LogP contribution in [0.5, 0.6) is 0 Å². The number of rotatable bonds is 3. The zero-order valence-electron chi connectivity index (χ0n) is 12.3. The third-order valence-corrected chi connectivity index (χ3v) is 3.58. The van der Waals surface area contributed by atoms with Crippen LogP contribution in [-0.2, 0) is 9.53 Å². The second-order valence-corrected chi connectivity index (χ2v) is 6.29. The Morgan fingerprint density at radius 2 is 1.89 bits per heavy atom. The van der Waals surface area contributed by atoms with Crippen molar-refractivity contribution in [3.63, 3.8) is 0 Å². The van der Waals surface area contributed by atoms with Crippen LogP contribution >= 0.6 is 0 Å². The van der Waals surface area contributed by atoms with Crippen LogP contribution in [0, 0.1) is 0 Å². The van der Waals surface area contributed by atoms with E-state index < -0.39 is 5.60 Å². The first-order valence-corrected chi connectivity index (χ1v) is 6.85. The van der Waals surface area contributed by atoms with Gasteiger partial charge in [0.2, 0.25) is 0 Å². The summed E-state index contributed by atoms with van der Waals surface area (Å²) in [5, 5.41) is 10.0. The summed E-state index contributed by atoms with van der Waals surface area (Å²) < 4.78 is 5.38. The number of hydrogen-bond donors (Lipinski definition) is 1. The van der Waals surface area contributed by atoms with Crippen molar-refractivity contribution < 1.29 is 14.6 Å². The number of hydrogen-bond acceptors (Lipinski definition) is 4. The summed E-state index contributed by atoms with van der Waals surface area (Å²) in [6, 6.07) is -0.247. The van der Waals surface area contributed by atoms with E-state index in [0.29, 0.717) is 0 Å². The first-order chi connectivity index (χ1) is 8.22. The lowest BCUT2D eigenvalue weighted by molar-refractivity contribution is -0.162. The molecule has 4 nitrogen and oxygen atoms in total. The lowest BCUT2D eigenvalue weighted by Crippen LogP contribution is -2.51. The Morgan fingerprint density at radius 1 is 1.33 bits per heavy atom. The maximum Gasteiger partial charge on any atom is 0.323 e. The molecule has 0 saturated heterocycles. The van der Waals surface area contributed by atoms with Gasteiger partial charge in [0.1, 0.15) is 11.6 Å². The SMILES string of the molecule is CC(C(=O)OC(C)(C)C)N(C)C1CCCCC1O. The average molecular weight is 257 g/mol. The molecular formula is C14H27NO3. The summed E-state index contributed by atoms with van der Waals surface area (Å²) in [5.41, 5.74) is -0.461. The lowest BCUT2D eigenvalue weighted by Gasteiger charge is -2.38. The van der Waals surface area contributed by atoms with Gasteiger partial charge in [-0.25, -0.2) is 0 Å². The predicted octanol–water partition coefficient (Wildman–Crippen LogP) is 1.95.